The zero-order chi connectivity index (χ0) is 18.0. The molecule has 2 heterocycles. The number of aryl methyl sites for hydroxylation is 1. The number of nitrogens with zero attached hydrogens (tertiary/aromatic N) is 4. The first-order chi connectivity index (χ1) is 12.0. The van der Waals surface area contributed by atoms with Crippen LogP contribution in [0.5, 0.6) is 0 Å². The summed E-state index contributed by atoms with van der Waals surface area (Å²) < 4.78 is 6.17. The lowest BCUT2D eigenvalue weighted by Gasteiger charge is -2.34. The van der Waals surface area contributed by atoms with Gasteiger partial charge >= 0.3 is 6.09 Å². The largest absolute Gasteiger partial charge is 0.450 e. The minimum atomic E-state index is -0.361. The lowest BCUT2D eigenvalue weighted by atomic mass is 10.1. The normalized spacial score (nSPS) is 14.6. The molecule has 0 aliphatic carbocycles. The molecule has 0 bridgehead atoms. The Morgan fingerprint density at radius 3 is 2.32 bits per heavy atom. The fraction of sp³-hybridized carbons (Fsp3) is 0.412. The lowest BCUT2D eigenvalue weighted by molar-refractivity contribution is 0.0566. The number of hydrogen-bond acceptors (Lipinski definition) is 5. The van der Waals surface area contributed by atoms with Gasteiger partial charge in [0.2, 0.25) is 0 Å². The van der Waals surface area contributed by atoms with Crippen molar-refractivity contribution in [2.75, 3.05) is 32.8 Å². The van der Waals surface area contributed by atoms with Gasteiger partial charge in [-0.1, -0.05) is 18.2 Å². The van der Waals surface area contributed by atoms with Gasteiger partial charge in [0.25, 0.3) is 11.5 Å². The van der Waals surface area contributed by atoms with Crippen molar-refractivity contribution in [3.63, 3.8) is 0 Å². The third-order valence-corrected chi connectivity index (χ3v) is 4.25. The minimum absolute atomic E-state index is 0.237. The Kier molecular flexibility index (Phi) is 4.69. The van der Waals surface area contributed by atoms with Gasteiger partial charge in [0, 0.05) is 38.6 Å². The summed E-state index contributed by atoms with van der Waals surface area (Å²) in [5, 5.41) is 5.18. The lowest BCUT2D eigenvalue weighted by Crippen LogP contribution is -2.51. The number of carbonyl (C=O) groups excluding carboxylic acids is 2. The molecule has 1 aromatic heterocycles. The zero-order valence-corrected chi connectivity index (χ0v) is 14.3. The first-order valence-corrected chi connectivity index (χ1v) is 8.20. The number of aromatic nitrogens is 2. The van der Waals surface area contributed by atoms with E-state index < -0.39 is 0 Å². The van der Waals surface area contributed by atoms with Crippen LogP contribution in [-0.4, -0.2) is 64.4 Å². The van der Waals surface area contributed by atoms with Gasteiger partial charge in [0.05, 0.1) is 12.0 Å². The van der Waals surface area contributed by atoms with Crippen molar-refractivity contribution in [3.05, 3.63) is 40.3 Å². The number of hydrogen-bond donors (Lipinski definition) is 0. The molecule has 0 N–H and O–H groups in total. The maximum absolute atomic E-state index is 12.9. The van der Waals surface area contributed by atoms with Crippen molar-refractivity contribution in [3.8, 4) is 0 Å². The summed E-state index contributed by atoms with van der Waals surface area (Å²) in [4.78, 5) is 40.1. The minimum Gasteiger partial charge on any atom is -0.450 e. The molecule has 1 aromatic carbocycles. The van der Waals surface area contributed by atoms with E-state index in [0.29, 0.717) is 43.6 Å². The van der Waals surface area contributed by atoms with E-state index in [0.717, 1.165) is 0 Å². The van der Waals surface area contributed by atoms with Crippen molar-refractivity contribution < 1.29 is 14.3 Å². The van der Waals surface area contributed by atoms with Gasteiger partial charge in [0.15, 0.2) is 5.69 Å². The van der Waals surface area contributed by atoms with E-state index in [2.05, 4.69) is 5.10 Å². The van der Waals surface area contributed by atoms with Crippen molar-refractivity contribution in [1.29, 1.82) is 0 Å². The van der Waals surface area contributed by atoms with Crippen molar-refractivity contribution >= 4 is 22.8 Å². The smallest absolute Gasteiger partial charge is 0.409 e. The monoisotopic (exact) mass is 344 g/mol. The highest BCUT2D eigenvalue weighted by molar-refractivity contribution is 6.04. The van der Waals surface area contributed by atoms with Crippen LogP contribution in [0, 0.1) is 0 Å². The number of piperazine rings is 1. The number of amides is 2. The van der Waals surface area contributed by atoms with E-state index in [9.17, 15) is 14.4 Å². The van der Waals surface area contributed by atoms with E-state index in [1.54, 1.807) is 41.0 Å². The van der Waals surface area contributed by atoms with E-state index in [1.165, 1.54) is 11.7 Å². The molecule has 0 saturated carbocycles. The Balaban J connectivity index is 1.83. The van der Waals surface area contributed by atoms with Crippen LogP contribution in [0.3, 0.4) is 0 Å². The molecule has 0 spiro atoms. The molecule has 25 heavy (non-hydrogen) atoms. The van der Waals surface area contributed by atoms with Gasteiger partial charge in [-0.3, -0.25) is 9.59 Å². The quantitative estimate of drug-likeness (QED) is 0.806. The highest BCUT2D eigenvalue weighted by Gasteiger charge is 2.27. The first kappa shape index (κ1) is 16.9. The first-order valence-electron chi connectivity index (χ1n) is 8.20. The van der Waals surface area contributed by atoms with Crippen molar-refractivity contribution in [2.24, 2.45) is 7.05 Å². The van der Waals surface area contributed by atoms with Crippen LogP contribution in [0.25, 0.3) is 10.8 Å². The average molecular weight is 344 g/mol. The second kappa shape index (κ2) is 6.92. The summed E-state index contributed by atoms with van der Waals surface area (Å²) in [6.45, 7) is 3.70. The van der Waals surface area contributed by atoms with Gasteiger partial charge in [-0.05, 0) is 13.0 Å². The summed E-state index contributed by atoms with van der Waals surface area (Å²) in [7, 11) is 1.53. The number of ether oxygens (including phenoxy) is 1. The third kappa shape index (κ3) is 3.19. The SMILES string of the molecule is CCOC(=O)N1CCN(C(=O)c2nn(C)c(=O)c3ccccc23)CC1. The molecule has 0 unspecified atom stereocenters. The van der Waals surface area contributed by atoms with Gasteiger partial charge < -0.3 is 14.5 Å². The molecule has 3 rings (SSSR count). The summed E-state index contributed by atoms with van der Waals surface area (Å²) in [5.41, 5.74) is 0.0153. The molecular weight excluding hydrogens is 324 g/mol. The molecule has 1 saturated heterocycles. The molecule has 8 nitrogen and oxygen atoms in total. The predicted molar refractivity (Wildman–Crippen MR) is 91.5 cm³/mol. The van der Waals surface area contributed by atoms with Crippen molar-refractivity contribution in [1.82, 2.24) is 19.6 Å². The molecule has 132 valence electrons. The molecule has 0 atom stereocenters. The topological polar surface area (TPSA) is 84.7 Å². The molecular formula is C17H20N4O4. The predicted octanol–water partition coefficient (Wildman–Crippen LogP) is 0.848. The van der Waals surface area contributed by atoms with Crippen LogP contribution in [0.2, 0.25) is 0 Å². The number of fused-ring (bicyclic) bond motifs is 1. The second-order valence-electron chi connectivity index (χ2n) is 5.80. The number of benzene rings is 1. The Bertz CT molecular complexity index is 869. The molecule has 8 heteroatoms. The highest BCUT2D eigenvalue weighted by Crippen LogP contribution is 2.16. The Labute approximate surface area is 144 Å². The maximum atomic E-state index is 12.9. The Morgan fingerprint density at radius 1 is 1.08 bits per heavy atom. The van der Waals surface area contributed by atoms with E-state index in [1.807, 2.05) is 0 Å². The second-order valence-corrected chi connectivity index (χ2v) is 5.80. The summed E-state index contributed by atoms with van der Waals surface area (Å²) >= 11 is 0. The van der Waals surface area contributed by atoms with Crippen LogP contribution in [-0.2, 0) is 11.8 Å². The van der Waals surface area contributed by atoms with Crippen LogP contribution in [0.15, 0.2) is 29.1 Å². The van der Waals surface area contributed by atoms with Gasteiger partial charge in [-0.25, -0.2) is 9.48 Å². The summed E-state index contributed by atoms with van der Waals surface area (Å²) in [6, 6.07) is 6.95. The molecule has 2 aromatic rings. The maximum Gasteiger partial charge on any atom is 0.409 e. The van der Waals surface area contributed by atoms with E-state index >= 15 is 0 Å². The van der Waals surface area contributed by atoms with E-state index in [-0.39, 0.29) is 23.3 Å². The van der Waals surface area contributed by atoms with Crippen LogP contribution in [0.1, 0.15) is 17.4 Å². The van der Waals surface area contributed by atoms with Crippen LogP contribution >= 0.6 is 0 Å². The fourth-order valence-electron chi connectivity index (χ4n) is 2.91. The van der Waals surface area contributed by atoms with E-state index in [4.69, 9.17) is 4.74 Å². The number of rotatable bonds is 2. The van der Waals surface area contributed by atoms with Gasteiger partial charge in [0.1, 0.15) is 0 Å². The van der Waals surface area contributed by atoms with Crippen LogP contribution in [0.4, 0.5) is 4.79 Å². The standard InChI is InChI=1S/C17H20N4O4/c1-3-25-17(24)21-10-8-20(9-11-21)16(23)14-12-6-4-5-7-13(12)15(22)19(2)18-14/h4-7H,3,8-11H2,1-2H3. The van der Waals surface area contributed by atoms with Crippen LogP contribution < -0.4 is 5.56 Å². The Morgan fingerprint density at radius 2 is 1.68 bits per heavy atom. The van der Waals surface area contributed by atoms with Gasteiger partial charge in [-0.15, -0.1) is 0 Å². The highest BCUT2D eigenvalue weighted by atomic mass is 16.6. The molecule has 0 radical (unpaired) electrons. The molecule has 1 aliphatic heterocycles. The summed E-state index contributed by atoms with van der Waals surface area (Å²) in [6.07, 6.45) is -0.361. The molecule has 1 aliphatic rings. The molecule has 1 fully saturated rings. The average Bonchev–Trinajstić information content (AvgIpc) is 2.64. The molecule has 2 amide bonds. The van der Waals surface area contributed by atoms with Gasteiger partial charge in [-0.2, -0.15) is 5.10 Å². The third-order valence-electron chi connectivity index (χ3n) is 4.25. The van der Waals surface area contributed by atoms with Crippen molar-refractivity contribution in [2.45, 2.75) is 6.92 Å². The zero-order valence-electron chi connectivity index (χ0n) is 14.3. The Hall–Kier alpha value is -2.90. The number of carbonyl (C=O) groups is 2. The summed E-state index contributed by atoms with van der Waals surface area (Å²) in [5.74, 6) is -0.240. The fourth-order valence-corrected chi connectivity index (χ4v) is 2.91.